The molecule has 4 nitrogen and oxygen atoms in total. The van der Waals surface area contributed by atoms with Crippen molar-refractivity contribution in [3.63, 3.8) is 0 Å². The maximum Gasteiger partial charge on any atom is 0.174 e. The zero-order valence-electron chi connectivity index (χ0n) is 9.97. The number of hydrogen-bond donors (Lipinski definition) is 0. The Morgan fingerprint density at radius 3 is 2.82 bits per heavy atom. The first-order valence-electron chi connectivity index (χ1n) is 5.74. The molecular formula is C12H15ClN4. The molecule has 0 saturated heterocycles. The molecule has 0 amide bonds. The van der Waals surface area contributed by atoms with Gasteiger partial charge in [-0.05, 0) is 35.4 Å². The molecule has 0 spiro atoms. The van der Waals surface area contributed by atoms with E-state index in [1.165, 1.54) is 5.56 Å². The number of rotatable bonds is 4. The van der Waals surface area contributed by atoms with Crippen LogP contribution in [0, 0.1) is 0 Å². The van der Waals surface area contributed by atoms with Gasteiger partial charge in [0, 0.05) is 0 Å². The SMILES string of the molecule is CCCc1ccccc1-n1nnnc1C(C)Cl. The third-order valence-corrected chi connectivity index (χ3v) is 2.78. The first-order chi connectivity index (χ1) is 8.24. The monoisotopic (exact) mass is 250 g/mol. The van der Waals surface area contributed by atoms with Gasteiger partial charge in [0.25, 0.3) is 0 Å². The van der Waals surface area contributed by atoms with Gasteiger partial charge < -0.3 is 0 Å². The fourth-order valence-corrected chi connectivity index (χ4v) is 1.95. The lowest BCUT2D eigenvalue weighted by atomic mass is 10.1. The van der Waals surface area contributed by atoms with Crippen molar-refractivity contribution in [3.05, 3.63) is 35.7 Å². The molecule has 0 fully saturated rings. The van der Waals surface area contributed by atoms with Crippen molar-refractivity contribution in [1.29, 1.82) is 0 Å². The van der Waals surface area contributed by atoms with E-state index >= 15 is 0 Å². The Morgan fingerprint density at radius 1 is 1.35 bits per heavy atom. The van der Waals surface area contributed by atoms with Crippen LogP contribution in [-0.2, 0) is 6.42 Å². The standard InChI is InChI=1S/C12H15ClN4/c1-3-6-10-7-4-5-8-11(10)17-12(9(2)13)14-15-16-17/h4-5,7-9H,3,6H2,1-2H3. The minimum atomic E-state index is -0.209. The largest absolute Gasteiger partial charge is 0.196 e. The number of alkyl halides is 1. The molecular weight excluding hydrogens is 236 g/mol. The molecule has 90 valence electrons. The molecule has 0 saturated carbocycles. The average Bonchev–Trinajstić information content (AvgIpc) is 2.79. The van der Waals surface area contributed by atoms with Crippen molar-refractivity contribution >= 4 is 11.6 Å². The molecule has 2 rings (SSSR count). The zero-order chi connectivity index (χ0) is 12.3. The number of aryl methyl sites for hydroxylation is 1. The number of benzene rings is 1. The van der Waals surface area contributed by atoms with Gasteiger partial charge in [-0.1, -0.05) is 31.5 Å². The van der Waals surface area contributed by atoms with Crippen molar-refractivity contribution in [2.24, 2.45) is 0 Å². The fourth-order valence-electron chi connectivity index (χ4n) is 1.81. The van der Waals surface area contributed by atoms with Crippen molar-refractivity contribution in [3.8, 4) is 5.69 Å². The molecule has 2 aromatic rings. The highest BCUT2D eigenvalue weighted by molar-refractivity contribution is 6.20. The van der Waals surface area contributed by atoms with Crippen LogP contribution < -0.4 is 0 Å². The fraction of sp³-hybridized carbons (Fsp3) is 0.417. The summed E-state index contributed by atoms with van der Waals surface area (Å²) >= 11 is 6.07. The van der Waals surface area contributed by atoms with Crippen LogP contribution in [0.4, 0.5) is 0 Å². The lowest BCUT2D eigenvalue weighted by Gasteiger charge is -2.10. The van der Waals surface area contributed by atoms with E-state index in [0.717, 1.165) is 18.5 Å². The van der Waals surface area contributed by atoms with Crippen LogP contribution >= 0.6 is 11.6 Å². The molecule has 17 heavy (non-hydrogen) atoms. The van der Waals surface area contributed by atoms with Crippen molar-refractivity contribution < 1.29 is 0 Å². The van der Waals surface area contributed by atoms with E-state index in [1.54, 1.807) is 4.68 Å². The third-order valence-electron chi connectivity index (χ3n) is 2.59. The van der Waals surface area contributed by atoms with E-state index in [9.17, 15) is 0 Å². The second kappa shape index (κ2) is 5.27. The summed E-state index contributed by atoms with van der Waals surface area (Å²) in [6.45, 7) is 4.02. The summed E-state index contributed by atoms with van der Waals surface area (Å²) in [6, 6.07) is 8.13. The van der Waals surface area contributed by atoms with Crippen LogP contribution in [0.1, 0.15) is 37.0 Å². The molecule has 0 aliphatic heterocycles. The molecule has 1 aromatic carbocycles. The van der Waals surface area contributed by atoms with E-state index in [2.05, 4.69) is 28.5 Å². The summed E-state index contributed by atoms with van der Waals surface area (Å²) in [6.07, 6.45) is 2.09. The number of para-hydroxylation sites is 1. The lowest BCUT2D eigenvalue weighted by molar-refractivity contribution is 0.747. The van der Waals surface area contributed by atoms with Gasteiger partial charge in [0.1, 0.15) is 0 Å². The quantitative estimate of drug-likeness (QED) is 0.784. The Hall–Kier alpha value is -1.42. The number of tetrazole rings is 1. The van der Waals surface area contributed by atoms with E-state index in [-0.39, 0.29) is 5.38 Å². The molecule has 1 atom stereocenters. The van der Waals surface area contributed by atoms with Gasteiger partial charge in [0.05, 0.1) is 11.1 Å². The predicted octanol–water partition coefficient (Wildman–Crippen LogP) is 2.91. The normalized spacial score (nSPS) is 12.6. The second-order valence-corrected chi connectivity index (χ2v) is 4.60. The van der Waals surface area contributed by atoms with Gasteiger partial charge in [0.15, 0.2) is 5.82 Å². The Labute approximate surface area is 106 Å². The highest BCUT2D eigenvalue weighted by Gasteiger charge is 2.15. The minimum Gasteiger partial charge on any atom is -0.196 e. The summed E-state index contributed by atoms with van der Waals surface area (Å²) in [5, 5.41) is 11.5. The first kappa shape index (κ1) is 12.0. The van der Waals surface area contributed by atoms with Gasteiger partial charge in [-0.2, -0.15) is 4.68 Å². The van der Waals surface area contributed by atoms with Crippen LogP contribution in [-0.4, -0.2) is 20.2 Å². The Balaban J connectivity index is 2.48. The van der Waals surface area contributed by atoms with Gasteiger partial charge in [0.2, 0.25) is 0 Å². The molecule has 0 aliphatic carbocycles. The van der Waals surface area contributed by atoms with Crippen LogP contribution in [0.3, 0.4) is 0 Å². The first-order valence-corrected chi connectivity index (χ1v) is 6.18. The third kappa shape index (κ3) is 2.47. The molecule has 1 heterocycles. The molecule has 1 unspecified atom stereocenters. The topological polar surface area (TPSA) is 43.6 Å². The minimum absolute atomic E-state index is 0.209. The maximum absolute atomic E-state index is 6.07. The van der Waals surface area contributed by atoms with Crippen molar-refractivity contribution in [2.75, 3.05) is 0 Å². The number of aromatic nitrogens is 4. The van der Waals surface area contributed by atoms with Gasteiger partial charge in [-0.15, -0.1) is 16.7 Å². The van der Waals surface area contributed by atoms with E-state index in [4.69, 9.17) is 11.6 Å². The van der Waals surface area contributed by atoms with E-state index in [1.807, 2.05) is 25.1 Å². The number of hydrogen-bond acceptors (Lipinski definition) is 3. The molecule has 0 bridgehead atoms. The molecule has 0 aliphatic rings. The Kier molecular flexibility index (Phi) is 3.74. The van der Waals surface area contributed by atoms with Gasteiger partial charge in [-0.25, -0.2) is 0 Å². The number of halogens is 1. The Bertz CT molecular complexity index is 493. The van der Waals surface area contributed by atoms with Crippen molar-refractivity contribution in [2.45, 2.75) is 32.1 Å². The van der Waals surface area contributed by atoms with Gasteiger partial charge in [-0.3, -0.25) is 0 Å². The Morgan fingerprint density at radius 2 is 2.12 bits per heavy atom. The molecule has 0 N–H and O–H groups in total. The molecule has 1 aromatic heterocycles. The van der Waals surface area contributed by atoms with Crippen LogP contribution in [0.2, 0.25) is 0 Å². The summed E-state index contributed by atoms with van der Waals surface area (Å²) in [4.78, 5) is 0. The zero-order valence-corrected chi connectivity index (χ0v) is 10.7. The maximum atomic E-state index is 6.07. The average molecular weight is 251 g/mol. The smallest absolute Gasteiger partial charge is 0.174 e. The molecule has 0 radical (unpaired) electrons. The highest BCUT2D eigenvalue weighted by atomic mass is 35.5. The van der Waals surface area contributed by atoms with E-state index in [0.29, 0.717) is 5.82 Å². The van der Waals surface area contributed by atoms with Gasteiger partial charge >= 0.3 is 0 Å². The molecule has 5 heteroatoms. The predicted molar refractivity (Wildman–Crippen MR) is 67.4 cm³/mol. The van der Waals surface area contributed by atoms with Crippen molar-refractivity contribution in [1.82, 2.24) is 20.2 Å². The lowest BCUT2D eigenvalue weighted by Crippen LogP contribution is -2.06. The van der Waals surface area contributed by atoms with E-state index < -0.39 is 0 Å². The summed E-state index contributed by atoms with van der Waals surface area (Å²) < 4.78 is 1.72. The van der Waals surface area contributed by atoms with Crippen LogP contribution in [0.25, 0.3) is 5.69 Å². The highest BCUT2D eigenvalue weighted by Crippen LogP contribution is 2.21. The second-order valence-electron chi connectivity index (χ2n) is 3.94. The van der Waals surface area contributed by atoms with Crippen LogP contribution in [0.5, 0.6) is 0 Å². The summed E-state index contributed by atoms with van der Waals surface area (Å²) in [7, 11) is 0. The van der Waals surface area contributed by atoms with Crippen LogP contribution in [0.15, 0.2) is 24.3 Å². The summed E-state index contributed by atoms with van der Waals surface area (Å²) in [5.41, 5.74) is 2.25. The summed E-state index contributed by atoms with van der Waals surface area (Å²) in [5.74, 6) is 0.676. The number of nitrogens with zero attached hydrogens (tertiary/aromatic N) is 4.